The average Bonchev–Trinajstić information content (AvgIpc) is 2.70. The van der Waals surface area contributed by atoms with Crippen molar-refractivity contribution in [1.82, 2.24) is 0 Å². The van der Waals surface area contributed by atoms with Crippen LogP contribution < -0.4 is 0 Å². The topological polar surface area (TPSA) is 33.4 Å². The number of benzene rings is 1. The summed E-state index contributed by atoms with van der Waals surface area (Å²) in [5.74, 6) is 1.31. The molecule has 1 unspecified atom stereocenters. The summed E-state index contributed by atoms with van der Waals surface area (Å²) < 4.78 is 7.51. The molecular formula is C12H10Br2O2. The molecule has 2 rings (SSSR count). The summed E-state index contributed by atoms with van der Waals surface area (Å²) in [5.41, 5.74) is 0.960. The highest BCUT2D eigenvalue weighted by Gasteiger charge is 2.11. The lowest BCUT2D eigenvalue weighted by Crippen LogP contribution is -1.85. The molecule has 1 N–H and O–H groups in total. The highest BCUT2D eigenvalue weighted by molar-refractivity contribution is 9.11. The van der Waals surface area contributed by atoms with Gasteiger partial charge in [-0.05, 0) is 37.3 Å². The van der Waals surface area contributed by atoms with Crippen molar-refractivity contribution >= 4 is 31.9 Å². The van der Waals surface area contributed by atoms with Gasteiger partial charge >= 0.3 is 0 Å². The largest absolute Gasteiger partial charge is 0.458 e. The van der Waals surface area contributed by atoms with Crippen LogP contribution in [0.2, 0.25) is 0 Å². The Hall–Kier alpha value is -0.580. The monoisotopic (exact) mass is 344 g/mol. The van der Waals surface area contributed by atoms with Crippen LogP contribution in [-0.2, 0) is 0 Å². The van der Waals surface area contributed by atoms with Crippen molar-refractivity contribution in [2.45, 2.75) is 13.0 Å². The van der Waals surface area contributed by atoms with Crippen molar-refractivity contribution < 1.29 is 9.52 Å². The van der Waals surface area contributed by atoms with E-state index in [4.69, 9.17) is 4.42 Å². The molecular weight excluding hydrogens is 336 g/mol. The van der Waals surface area contributed by atoms with E-state index in [0.717, 1.165) is 20.3 Å². The van der Waals surface area contributed by atoms with E-state index in [1.807, 2.05) is 24.3 Å². The minimum atomic E-state index is -0.584. The fraction of sp³-hybridized carbons (Fsp3) is 0.167. The molecule has 0 spiro atoms. The molecule has 0 radical (unpaired) electrons. The number of hydrogen-bond donors (Lipinski definition) is 1. The Bertz CT molecular complexity index is 503. The summed E-state index contributed by atoms with van der Waals surface area (Å²) in [5, 5.41) is 9.39. The van der Waals surface area contributed by atoms with Crippen LogP contribution in [0, 0.1) is 0 Å². The van der Waals surface area contributed by atoms with Gasteiger partial charge in [-0.25, -0.2) is 0 Å². The molecule has 1 atom stereocenters. The predicted molar refractivity (Wildman–Crippen MR) is 70.2 cm³/mol. The summed E-state index contributed by atoms with van der Waals surface area (Å²) in [6.45, 7) is 1.68. The Labute approximate surface area is 111 Å². The van der Waals surface area contributed by atoms with Crippen molar-refractivity contribution in [3.63, 3.8) is 0 Å². The van der Waals surface area contributed by atoms with Gasteiger partial charge < -0.3 is 9.52 Å². The quantitative estimate of drug-likeness (QED) is 0.867. The van der Waals surface area contributed by atoms with Crippen molar-refractivity contribution in [3.05, 3.63) is 45.0 Å². The Kier molecular flexibility index (Phi) is 3.52. The van der Waals surface area contributed by atoms with Gasteiger partial charge in [0.2, 0.25) is 0 Å². The fourth-order valence-corrected chi connectivity index (χ4v) is 2.21. The van der Waals surface area contributed by atoms with Crippen LogP contribution in [0.4, 0.5) is 0 Å². The Balaban J connectivity index is 2.46. The molecule has 4 heteroatoms. The molecule has 1 aromatic heterocycles. The van der Waals surface area contributed by atoms with Crippen molar-refractivity contribution in [2.75, 3.05) is 0 Å². The molecule has 16 heavy (non-hydrogen) atoms. The SMILES string of the molecule is CC(O)c1ccc(-c2cc(Br)ccc2Br)o1. The van der Waals surface area contributed by atoms with E-state index in [0.29, 0.717) is 5.76 Å². The second-order valence-corrected chi connectivity index (χ2v) is 5.27. The first kappa shape index (κ1) is 11.9. The van der Waals surface area contributed by atoms with Gasteiger partial charge in [0.1, 0.15) is 17.6 Å². The number of aliphatic hydroxyl groups is 1. The predicted octanol–water partition coefficient (Wildman–Crippen LogP) is 4.52. The third kappa shape index (κ3) is 2.39. The summed E-state index contributed by atoms with van der Waals surface area (Å²) in [6.07, 6.45) is -0.584. The summed E-state index contributed by atoms with van der Waals surface area (Å²) in [4.78, 5) is 0. The Morgan fingerprint density at radius 3 is 2.56 bits per heavy atom. The first-order chi connectivity index (χ1) is 7.58. The van der Waals surface area contributed by atoms with Crippen LogP contribution in [0.5, 0.6) is 0 Å². The zero-order valence-corrected chi connectivity index (χ0v) is 11.7. The van der Waals surface area contributed by atoms with E-state index in [-0.39, 0.29) is 0 Å². The molecule has 0 aliphatic rings. The summed E-state index contributed by atoms with van der Waals surface area (Å²) in [7, 11) is 0. The molecule has 0 fully saturated rings. The molecule has 0 bridgehead atoms. The fourth-order valence-electron chi connectivity index (χ4n) is 1.41. The standard InChI is InChI=1S/C12H10Br2O2/c1-7(15)11-4-5-12(16-11)9-6-8(13)2-3-10(9)14/h2-7,15H,1H3. The van der Waals surface area contributed by atoms with E-state index in [1.54, 1.807) is 13.0 Å². The molecule has 0 saturated carbocycles. The molecule has 1 aromatic carbocycles. The van der Waals surface area contributed by atoms with Gasteiger partial charge in [-0.2, -0.15) is 0 Å². The number of furan rings is 1. The van der Waals surface area contributed by atoms with E-state index >= 15 is 0 Å². The maximum atomic E-state index is 9.39. The molecule has 1 heterocycles. The highest BCUT2D eigenvalue weighted by Crippen LogP contribution is 2.33. The summed E-state index contributed by atoms with van der Waals surface area (Å²) >= 11 is 6.89. The van der Waals surface area contributed by atoms with Crippen LogP contribution in [-0.4, -0.2) is 5.11 Å². The third-order valence-corrected chi connectivity index (χ3v) is 3.42. The first-order valence-corrected chi connectivity index (χ1v) is 6.40. The zero-order chi connectivity index (χ0) is 11.7. The minimum absolute atomic E-state index is 0.571. The number of rotatable bonds is 2. The molecule has 0 saturated heterocycles. The van der Waals surface area contributed by atoms with Crippen LogP contribution in [0.3, 0.4) is 0 Å². The van der Waals surface area contributed by atoms with Crippen LogP contribution >= 0.6 is 31.9 Å². The van der Waals surface area contributed by atoms with Gasteiger partial charge in [-0.1, -0.05) is 31.9 Å². The second-order valence-electron chi connectivity index (χ2n) is 3.50. The van der Waals surface area contributed by atoms with E-state index in [2.05, 4.69) is 31.9 Å². The zero-order valence-electron chi connectivity index (χ0n) is 8.58. The molecule has 84 valence electrons. The van der Waals surface area contributed by atoms with Crippen LogP contribution in [0.1, 0.15) is 18.8 Å². The van der Waals surface area contributed by atoms with E-state index in [9.17, 15) is 5.11 Å². The van der Waals surface area contributed by atoms with Gasteiger partial charge in [0.25, 0.3) is 0 Å². The Morgan fingerprint density at radius 1 is 1.19 bits per heavy atom. The number of halogens is 2. The lowest BCUT2D eigenvalue weighted by molar-refractivity contribution is 0.170. The maximum absolute atomic E-state index is 9.39. The normalized spacial score (nSPS) is 12.8. The van der Waals surface area contributed by atoms with Crippen molar-refractivity contribution in [3.8, 4) is 11.3 Å². The maximum Gasteiger partial charge on any atom is 0.135 e. The number of hydrogen-bond acceptors (Lipinski definition) is 2. The molecule has 0 amide bonds. The molecule has 2 nitrogen and oxygen atoms in total. The minimum Gasteiger partial charge on any atom is -0.458 e. The lowest BCUT2D eigenvalue weighted by atomic mass is 10.2. The number of aliphatic hydroxyl groups excluding tert-OH is 1. The van der Waals surface area contributed by atoms with E-state index < -0.39 is 6.10 Å². The molecule has 2 aromatic rings. The van der Waals surface area contributed by atoms with Crippen LogP contribution in [0.15, 0.2) is 43.7 Å². The third-order valence-electron chi connectivity index (χ3n) is 2.23. The molecule has 0 aliphatic carbocycles. The second kappa shape index (κ2) is 4.73. The van der Waals surface area contributed by atoms with Crippen molar-refractivity contribution in [1.29, 1.82) is 0 Å². The van der Waals surface area contributed by atoms with Gasteiger partial charge in [-0.3, -0.25) is 0 Å². The van der Waals surface area contributed by atoms with Gasteiger partial charge in [0.05, 0.1) is 0 Å². The van der Waals surface area contributed by atoms with E-state index in [1.165, 1.54) is 0 Å². The van der Waals surface area contributed by atoms with Gasteiger partial charge in [0.15, 0.2) is 0 Å². The summed E-state index contributed by atoms with van der Waals surface area (Å²) in [6, 6.07) is 9.51. The average molecular weight is 346 g/mol. The van der Waals surface area contributed by atoms with Crippen LogP contribution in [0.25, 0.3) is 11.3 Å². The molecule has 0 aliphatic heterocycles. The smallest absolute Gasteiger partial charge is 0.135 e. The highest BCUT2D eigenvalue weighted by atomic mass is 79.9. The Morgan fingerprint density at radius 2 is 1.94 bits per heavy atom. The lowest BCUT2D eigenvalue weighted by Gasteiger charge is -2.02. The first-order valence-electron chi connectivity index (χ1n) is 4.81. The van der Waals surface area contributed by atoms with Crippen molar-refractivity contribution in [2.24, 2.45) is 0 Å². The van der Waals surface area contributed by atoms with Gasteiger partial charge in [0, 0.05) is 14.5 Å². The van der Waals surface area contributed by atoms with Gasteiger partial charge in [-0.15, -0.1) is 0 Å².